The second-order valence-electron chi connectivity index (χ2n) is 5.23. The van der Waals surface area contributed by atoms with Crippen molar-refractivity contribution >= 4 is 17.4 Å². The molecule has 0 N–H and O–H groups in total. The van der Waals surface area contributed by atoms with Crippen LogP contribution in [-0.2, 0) is 14.2 Å². The van der Waals surface area contributed by atoms with Crippen LogP contribution in [0.3, 0.4) is 0 Å². The van der Waals surface area contributed by atoms with Crippen LogP contribution in [0.25, 0.3) is 5.65 Å². The van der Waals surface area contributed by atoms with Crippen LogP contribution >= 0.6 is 0 Å². The molecule has 1 aliphatic rings. The third kappa shape index (κ3) is 3.27. The molecule has 0 unspecified atom stereocenters. The number of nitrogens with zero attached hydrogens (tertiary/aromatic N) is 4. The van der Waals surface area contributed by atoms with Crippen molar-refractivity contribution in [1.82, 2.24) is 14.6 Å². The summed E-state index contributed by atoms with van der Waals surface area (Å²) < 4.78 is 17.4. The number of anilines is 1. The monoisotopic (exact) mass is 320 g/mol. The second kappa shape index (κ2) is 6.93. The Morgan fingerprint density at radius 1 is 1.52 bits per heavy atom. The molecule has 3 rings (SSSR count). The van der Waals surface area contributed by atoms with Gasteiger partial charge in [0.1, 0.15) is 11.4 Å². The highest BCUT2D eigenvalue weighted by atomic mass is 16.5. The van der Waals surface area contributed by atoms with Gasteiger partial charge in [-0.3, -0.25) is 0 Å². The first-order chi connectivity index (χ1) is 11.2. The van der Waals surface area contributed by atoms with Gasteiger partial charge in [0.15, 0.2) is 5.65 Å². The molecule has 1 fully saturated rings. The van der Waals surface area contributed by atoms with E-state index in [1.807, 2.05) is 6.07 Å². The Hall–Kier alpha value is -2.19. The number of morpholine rings is 1. The van der Waals surface area contributed by atoms with Crippen molar-refractivity contribution < 1.29 is 19.0 Å². The van der Waals surface area contributed by atoms with Crippen LogP contribution in [0.1, 0.15) is 17.3 Å². The highest BCUT2D eigenvalue weighted by Gasteiger charge is 2.23. The first kappa shape index (κ1) is 15.7. The van der Waals surface area contributed by atoms with Crippen LogP contribution in [0.15, 0.2) is 18.5 Å². The number of carbonyl (C=O) groups is 1. The molecule has 124 valence electrons. The Morgan fingerprint density at radius 3 is 3.17 bits per heavy atom. The zero-order valence-electron chi connectivity index (χ0n) is 13.3. The number of rotatable bonds is 5. The number of aromatic nitrogens is 3. The predicted octanol–water partition coefficient (Wildman–Crippen LogP) is 0.758. The van der Waals surface area contributed by atoms with Gasteiger partial charge in [0.25, 0.3) is 0 Å². The molecule has 2 aromatic heterocycles. The minimum atomic E-state index is -0.411. The smallest absolute Gasteiger partial charge is 0.343 e. The van der Waals surface area contributed by atoms with Gasteiger partial charge in [0.2, 0.25) is 0 Å². The van der Waals surface area contributed by atoms with E-state index in [0.29, 0.717) is 37.6 Å². The Labute approximate surface area is 133 Å². The molecular weight excluding hydrogens is 300 g/mol. The molecule has 1 atom stereocenters. The topological polar surface area (TPSA) is 78.2 Å². The molecule has 0 aliphatic carbocycles. The number of carbonyl (C=O) groups excluding carboxylic acids is 1. The molecule has 1 aliphatic heterocycles. The molecule has 0 amide bonds. The van der Waals surface area contributed by atoms with Gasteiger partial charge in [-0.05, 0) is 13.0 Å². The van der Waals surface area contributed by atoms with E-state index in [4.69, 9.17) is 14.2 Å². The number of methoxy groups -OCH3 is 1. The van der Waals surface area contributed by atoms with Gasteiger partial charge in [-0.1, -0.05) is 0 Å². The van der Waals surface area contributed by atoms with Crippen molar-refractivity contribution in [2.24, 2.45) is 0 Å². The summed E-state index contributed by atoms with van der Waals surface area (Å²) in [6.45, 7) is 4.68. The third-order valence-corrected chi connectivity index (χ3v) is 3.67. The summed E-state index contributed by atoms with van der Waals surface area (Å²) in [5, 5.41) is 4.14. The SMILES string of the molecule is CCOC(=O)c1cnn2ccc(N3CCO[C@H](COC)C3)nc12. The first-order valence-corrected chi connectivity index (χ1v) is 7.60. The van der Waals surface area contributed by atoms with Crippen LogP contribution in [0, 0.1) is 0 Å². The Kier molecular flexibility index (Phi) is 4.73. The molecule has 0 saturated carbocycles. The van der Waals surface area contributed by atoms with Gasteiger partial charge in [-0.15, -0.1) is 0 Å². The second-order valence-corrected chi connectivity index (χ2v) is 5.23. The summed E-state index contributed by atoms with van der Waals surface area (Å²) in [4.78, 5) is 18.7. The zero-order valence-corrected chi connectivity index (χ0v) is 13.3. The summed E-state index contributed by atoms with van der Waals surface area (Å²) >= 11 is 0. The maximum atomic E-state index is 12.0. The van der Waals surface area contributed by atoms with Gasteiger partial charge >= 0.3 is 5.97 Å². The van der Waals surface area contributed by atoms with Crippen molar-refractivity contribution in [1.29, 1.82) is 0 Å². The van der Waals surface area contributed by atoms with E-state index < -0.39 is 5.97 Å². The molecule has 0 spiro atoms. The van der Waals surface area contributed by atoms with Crippen LogP contribution in [0.4, 0.5) is 5.82 Å². The summed E-state index contributed by atoms with van der Waals surface area (Å²) in [5.41, 5.74) is 0.867. The van der Waals surface area contributed by atoms with Crippen LogP contribution in [0.5, 0.6) is 0 Å². The lowest BCUT2D eigenvalue weighted by Gasteiger charge is -2.33. The highest BCUT2D eigenvalue weighted by Crippen LogP contribution is 2.18. The maximum Gasteiger partial charge on any atom is 0.343 e. The fourth-order valence-electron chi connectivity index (χ4n) is 2.60. The van der Waals surface area contributed by atoms with Crippen LogP contribution < -0.4 is 4.90 Å². The Balaban J connectivity index is 1.87. The number of fused-ring (bicyclic) bond motifs is 1. The van der Waals surface area contributed by atoms with Crippen molar-refractivity contribution in [2.75, 3.05) is 44.9 Å². The third-order valence-electron chi connectivity index (χ3n) is 3.67. The lowest BCUT2D eigenvalue weighted by atomic mass is 10.3. The fourth-order valence-corrected chi connectivity index (χ4v) is 2.60. The van der Waals surface area contributed by atoms with E-state index in [9.17, 15) is 4.79 Å². The maximum absolute atomic E-state index is 12.0. The molecule has 0 aromatic carbocycles. The van der Waals surface area contributed by atoms with Gasteiger partial charge < -0.3 is 19.1 Å². The van der Waals surface area contributed by atoms with Gasteiger partial charge in [-0.25, -0.2) is 14.3 Å². The van der Waals surface area contributed by atoms with Gasteiger partial charge in [0.05, 0.1) is 32.1 Å². The van der Waals surface area contributed by atoms with E-state index in [-0.39, 0.29) is 6.10 Å². The molecule has 8 heteroatoms. The largest absolute Gasteiger partial charge is 0.462 e. The van der Waals surface area contributed by atoms with Crippen molar-refractivity contribution in [2.45, 2.75) is 13.0 Å². The standard InChI is InChI=1S/C15H20N4O4/c1-3-22-15(20)12-8-16-19-5-4-13(17-14(12)19)18-6-7-23-11(9-18)10-21-2/h4-5,8,11H,3,6-7,9-10H2,1-2H3/t11-/m0/s1. The van der Waals surface area contributed by atoms with Crippen LogP contribution in [0.2, 0.25) is 0 Å². The molecule has 23 heavy (non-hydrogen) atoms. The predicted molar refractivity (Wildman–Crippen MR) is 82.8 cm³/mol. The minimum Gasteiger partial charge on any atom is -0.462 e. The van der Waals surface area contributed by atoms with E-state index in [2.05, 4.69) is 15.0 Å². The van der Waals surface area contributed by atoms with Crippen molar-refractivity contribution in [3.05, 3.63) is 24.0 Å². The summed E-state index contributed by atoms with van der Waals surface area (Å²) in [6, 6.07) is 1.88. The number of hydrogen-bond donors (Lipinski definition) is 0. The minimum absolute atomic E-state index is 0.0150. The first-order valence-electron chi connectivity index (χ1n) is 7.60. The zero-order chi connectivity index (χ0) is 16.2. The van der Waals surface area contributed by atoms with Crippen molar-refractivity contribution in [3.8, 4) is 0 Å². The Bertz CT molecular complexity index is 685. The summed E-state index contributed by atoms with van der Waals surface area (Å²) in [5.74, 6) is 0.374. The lowest BCUT2D eigenvalue weighted by molar-refractivity contribution is -0.0102. The average molecular weight is 320 g/mol. The molecule has 1 saturated heterocycles. The Morgan fingerprint density at radius 2 is 2.39 bits per heavy atom. The number of hydrogen-bond acceptors (Lipinski definition) is 7. The quantitative estimate of drug-likeness (QED) is 0.753. The normalized spacial score (nSPS) is 18.3. The lowest BCUT2D eigenvalue weighted by Crippen LogP contribution is -2.44. The highest BCUT2D eigenvalue weighted by molar-refractivity contribution is 5.95. The van der Waals surface area contributed by atoms with Gasteiger partial charge in [0, 0.05) is 26.4 Å². The summed E-state index contributed by atoms with van der Waals surface area (Å²) in [7, 11) is 1.66. The molecular formula is C15H20N4O4. The van der Waals surface area contributed by atoms with E-state index >= 15 is 0 Å². The molecule has 8 nitrogen and oxygen atoms in total. The van der Waals surface area contributed by atoms with Crippen LogP contribution in [-0.4, -0.2) is 66.7 Å². The number of ether oxygens (including phenoxy) is 3. The van der Waals surface area contributed by atoms with E-state index in [0.717, 1.165) is 12.4 Å². The molecule has 3 heterocycles. The number of esters is 1. The fraction of sp³-hybridized carbons (Fsp3) is 0.533. The van der Waals surface area contributed by atoms with E-state index in [1.54, 1.807) is 24.7 Å². The summed E-state index contributed by atoms with van der Waals surface area (Å²) in [6.07, 6.45) is 3.29. The van der Waals surface area contributed by atoms with E-state index in [1.165, 1.54) is 6.20 Å². The van der Waals surface area contributed by atoms with Crippen molar-refractivity contribution in [3.63, 3.8) is 0 Å². The molecule has 2 aromatic rings. The molecule has 0 bridgehead atoms. The molecule has 0 radical (unpaired) electrons. The van der Waals surface area contributed by atoms with Gasteiger partial charge in [-0.2, -0.15) is 5.10 Å². The average Bonchev–Trinajstić information content (AvgIpc) is 2.99.